The summed E-state index contributed by atoms with van der Waals surface area (Å²) >= 11 is 5.95. The van der Waals surface area contributed by atoms with Crippen molar-refractivity contribution in [1.82, 2.24) is 10.2 Å². The van der Waals surface area contributed by atoms with Crippen molar-refractivity contribution < 1.29 is 4.74 Å². The summed E-state index contributed by atoms with van der Waals surface area (Å²) in [4.78, 5) is 2.55. The quantitative estimate of drug-likeness (QED) is 0.778. The van der Waals surface area contributed by atoms with Gasteiger partial charge in [0, 0.05) is 17.1 Å². The predicted octanol–water partition coefficient (Wildman–Crippen LogP) is 2.92. The van der Waals surface area contributed by atoms with Crippen LogP contribution in [0.1, 0.15) is 24.8 Å². The molecule has 1 heterocycles. The van der Waals surface area contributed by atoms with E-state index < -0.39 is 0 Å². The van der Waals surface area contributed by atoms with E-state index in [9.17, 15) is 0 Å². The average Bonchev–Trinajstić information content (AvgIpc) is 2.93. The Bertz CT molecular complexity index is 392. The third kappa shape index (κ3) is 4.68. The van der Waals surface area contributed by atoms with Crippen molar-refractivity contribution in [1.29, 1.82) is 0 Å². The Labute approximate surface area is 120 Å². The third-order valence-corrected chi connectivity index (χ3v) is 3.83. The molecule has 1 aliphatic heterocycles. The van der Waals surface area contributed by atoms with Crippen molar-refractivity contribution in [3.63, 3.8) is 0 Å². The standard InChI is InChI=1S/C15H23ClN2O/c1-19-15-11-14(16)6-5-13(15)12-17-7-4-10-18-8-2-3-9-18/h5-6,11,17H,2-4,7-10,12H2,1H3. The highest BCUT2D eigenvalue weighted by atomic mass is 35.5. The molecule has 0 radical (unpaired) electrons. The largest absolute Gasteiger partial charge is 0.496 e. The second-order valence-electron chi connectivity index (χ2n) is 5.04. The van der Waals surface area contributed by atoms with Crippen molar-refractivity contribution in [3.8, 4) is 5.75 Å². The van der Waals surface area contributed by atoms with E-state index in [0.717, 1.165) is 29.4 Å². The summed E-state index contributed by atoms with van der Waals surface area (Å²) in [6.07, 6.45) is 3.95. The van der Waals surface area contributed by atoms with Gasteiger partial charge in [0.15, 0.2) is 0 Å². The Morgan fingerprint density at radius 2 is 2.11 bits per heavy atom. The van der Waals surface area contributed by atoms with Gasteiger partial charge in [-0.15, -0.1) is 0 Å². The lowest BCUT2D eigenvalue weighted by atomic mass is 10.2. The summed E-state index contributed by atoms with van der Waals surface area (Å²) in [5.41, 5.74) is 1.16. The van der Waals surface area contributed by atoms with Gasteiger partial charge in [0.05, 0.1) is 7.11 Å². The summed E-state index contributed by atoms with van der Waals surface area (Å²) < 4.78 is 5.33. The highest BCUT2D eigenvalue weighted by Gasteiger charge is 2.10. The fourth-order valence-electron chi connectivity index (χ4n) is 2.52. The minimum Gasteiger partial charge on any atom is -0.496 e. The fourth-order valence-corrected chi connectivity index (χ4v) is 2.68. The lowest BCUT2D eigenvalue weighted by molar-refractivity contribution is 0.330. The molecule has 1 aromatic carbocycles. The zero-order valence-electron chi connectivity index (χ0n) is 11.6. The number of benzene rings is 1. The Hall–Kier alpha value is -0.770. The number of ether oxygens (including phenoxy) is 1. The molecule has 3 nitrogen and oxygen atoms in total. The third-order valence-electron chi connectivity index (χ3n) is 3.59. The van der Waals surface area contributed by atoms with Gasteiger partial charge in [-0.3, -0.25) is 0 Å². The van der Waals surface area contributed by atoms with E-state index in [1.54, 1.807) is 7.11 Å². The first-order valence-corrected chi connectivity index (χ1v) is 7.43. The van der Waals surface area contributed by atoms with Crippen molar-refractivity contribution in [3.05, 3.63) is 28.8 Å². The second-order valence-corrected chi connectivity index (χ2v) is 5.47. The lowest BCUT2D eigenvalue weighted by Gasteiger charge is -2.14. The van der Waals surface area contributed by atoms with Crippen LogP contribution < -0.4 is 10.1 Å². The van der Waals surface area contributed by atoms with Crippen molar-refractivity contribution in [2.75, 3.05) is 33.3 Å². The summed E-state index contributed by atoms with van der Waals surface area (Å²) in [6.45, 7) is 5.66. The molecule has 1 aromatic rings. The molecule has 1 fully saturated rings. The molecule has 19 heavy (non-hydrogen) atoms. The van der Waals surface area contributed by atoms with Crippen LogP contribution in [0.15, 0.2) is 18.2 Å². The van der Waals surface area contributed by atoms with E-state index in [1.807, 2.05) is 18.2 Å². The number of methoxy groups -OCH3 is 1. The number of halogens is 1. The normalized spacial score (nSPS) is 15.9. The summed E-state index contributed by atoms with van der Waals surface area (Å²) in [7, 11) is 1.68. The van der Waals surface area contributed by atoms with Crippen LogP contribution in [0.3, 0.4) is 0 Å². The van der Waals surface area contributed by atoms with Crippen LogP contribution in [0.25, 0.3) is 0 Å². The number of hydrogen-bond donors (Lipinski definition) is 1. The zero-order chi connectivity index (χ0) is 13.5. The molecule has 0 saturated carbocycles. The molecule has 0 spiro atoms. The monoisotopic (exact) mass is 282 g/mol. The van der Waals surface area contributed by atoms with E-state index in [1.165, 1.54) is 38.9 Å². The van der Waals surface area contributed by atoms with E-state index in [0.29, 0.717) is 0 Å². The molecular weight excluding hydrogens is 260 g/mol. The fraction of sp³-hybridized carbons (Fsp3) is 0.600. The number of likely N-dealkylation sites (tertiary alicyclic amines) is 1. The van der Waals surface area contributed by atoms with Crippen LogP contribution in [0, 0.1) is 0 Å². The zero-order valence-corrected chi connectivity index (χ0v) is 12.4. The molecule has 1 N–H and O–H groups in total. The molecule has 0 atom stereocenters. The Morgan fingerprint density at radius 3 is 2.84 bits per heavy atom. The van der Waals surface area contributed by atoms with Crippen molar-refractivity contribution >= 4 is 11.6 Å². The van der Waals surface area contributed by atoms with Crippen LogP contribution in [0.5, 0.6) is 5.75 Å². The molecule has 0 aliphatic carbocycles. The van der Waals surface area contributed by atoms with Gasteiger partial charge in [-0.1, -0.05) is 17.7 Å². The minimum atomic E-state index is 0.717. The van der Waals surface area contributed by atoms with Gasteiger partial charge in [-0.2, -0.15) is 0 Å². The van der Waals surface area contributed by atoms with Crippen molar-refractivity contribution in [2.45, 2.75) is 25.8 Å². The Kier molecular flexibility index (Phi) is 5.95. The molecule has 0 bridgehead atoms. The molecule has 4 heteroatoms. The first-order chi connectivity index (χ1) is 9.29. The average molecular weight is 283 g/mol. The van der Waals surface area contributed by atoms with Crippen LogP contribution in [-0.4, -0.2) is 38.2 Å². The SMILES string of the molecule is COc1cc(Cl)ccc1CNCCCN1CCCC1. The molecule has 2 rings (SSSR count). The molecular formula is C15H23ClN2O. The molecule has 0 aromatic heterocycles. The van der Waals surface area contributed by atoms with Crippen LogP contribution in [-0.2, 0) is 6.54 Å². The number of nitrogens with zero attached hydrogens (tertiary/aromatic N) is 1. The van der Waals surface area contributed by atoms with Gasteiger partial charge in [0.2, 0.25) is 0 Å². The van der Waals surface area contributed by atoms with Crippen LogP contribution >= 0.6 is 11.6 Å². The maximum atomic E-state index is 5.95. The van der Waals surface area contributed by atoms with Crippen LogP contribution in [0.4, 0.5) is 0 Å². The Balaban J connectivity index is 1.67. The predicted molar refractivity (Wildman–Crippen MR) is 80.0 cm³/mol. The first kappa shape index (κ1) is 14.6. The summed E-state index contributed by atoms with van der Waals surface area (Å²) in [6, 6.07) is 5.79. The Morgan fingerprint density at radius 1 is 1.32 bits per heavy atom. The van der Waals surface area contributed by atoms with Gasteiger partial charge in [0.25, 0.3) is 0 Å². The number of rotatable bonds is 7. The summed E-state index contributed by atoms with van der Waals surface area (Å²) in [5.74, 6) is 0.861. The van der Waals surface area contributed by atoms with Crippen molar-refractivity contribution in [2.24, 2.45) is 0 Å². The van der Waals surface area contributed by atoms with Gasteiger partial charge < -0.3 is 15.0 Å². The summed E-state index contributed by atoms with van der Waals surface area (Å²) in [5, 5.41) is 4.19. The molecule has 1 saturated heterocycles. The minimum absolute atomic E-state index is 0.717. The van der Waals surface area contributed by atoms with Crippen LogP contribution in [0.2, 0.25) is 5.02 Å². The van der Waals surface area contributed by atoms with Gasteiger partial charge in [-0.05, 0) is 57.6 Å². The maximum Gasteiger partial charge on any atom is 0.124 e. The van der Waals surface area contributed by atoms with E-state index in [4.69, 9.17) is 16.3 Å². The molecule has 1 aliphatic rings. The lowest BCUT2D eigenvalue weighted by Crippen LogP contribution is -2.24. The first-order valence-electron chi connectivity index (χ1n) is 7.05. The number of hydrogen-bond acceptors (Lipinski definition) is 3. The molecule has 0 unspecified atom stereocenters. The number of nitrogens with one attached hydrogen (secondary N) is 1. The van der Waals surface area contributed by atoms with Gasteiger partial charge in [0.1, 0.15) is 5.75 Å². The molecule has 0 amide bonds. The maximum absolute atomic E-state index is 5.95. The van der Waals surface area contributed by atoms with E-state index in [-0.39, 0.29) is 0 Å². The smallest absolute Gasteiger partial charge is 0.124 e. The topological polar surface area (TPSA) is 24.5 Å². The van der Waals surface area contributed by atoms with Gasteiger partial charge in [-0.25, -0.2) is 0 Å². The highest BCUT2D eigenvalue weighted by Crippen LogP contribution is 2.22. The van der Waals surface area contributed by atoms with E-state index >= 15 is 0 Å². The van der Waals surface area contributed by atoms with E-state index in [2.05, 4.69) is 10.2 Å². The highest BCUT2D eigenvalue weighted by molar-refractivity contribution is 6.30. The van der Waals surface area contributed by atoms with Gasteiger partial charge >= 0.3 is 0 Å². The molecule has 106 valence electrons. The second kappa shape index (κ2) is 7.73.